The topological polar surface area (TPSA) is 74.2 Å². The van der Waals surface area contributed by atoms with Crippen LogP contribution in [0.1, 0.15) is 49.7 Å². The lowest BCUT2D eigenvalue weighted by molar-refractivity contribution is -0.194. The normalized spacial score (nSPS) is 22.1. The third-order valence-corrected chi connectivity index (χ3v) is 5.89. The van der Waals surface area contributed by atoms with Crippen LogP contribution in [0.4, 0.5) is 0 Å². The van der Waals surface area contributed by atoms with E-state index in [4.69, 9.17) is 18.9 Å². The average Bonchev–Trinajstić information content (AvgIpc) is 2.91. The number of aldehydes is 1. The summed E-state index contributed by atoms with van der Waals surface area (Å²) in [5.41, 5.74) is 2.29. The minimum Gasteiger partial charge on any atom is -0.394 e. The van der Waals surface area contributed by atoms with E-state index in [-0.39, 0.29) is 25.3 Å². The van der Waals surface area contributed by atoms with Crippen molar-refractivity contribution in [3.05, 3.63) is 71.8 Å². The van der Waals surface area contributed by atoms with E-state index >= 15 is 0 Å². The van der Waals surface area contributed by atoms with Crippen LogP contribution in [0, 0.1) is 0 Å². The molecule has 0 bridgehead atoms. The van der Waals surface area contributed by atoms with Crippen LogP contribution in [-0.4, -0.2) is 56.0 Å². The van der Waals surface area contributed by atoms with Crippen molar-refractivity contribution in [2.24, 2.45) is 0 Å². The molecule has 4 atom stereocenters. The van der Waals surface area contributed by atoms with E-state index in [0.717, 1.165) is 70.0 Å². The van der Waals surface area contributed by atoms with Crippen molar-refractivity contribution in [2.45, 2.75) is 76.2 Å². The van der Waals surface area contributed by atoms with Gasteiger partial charge in [-0.15, -0.1) is 0 Å². The van der Waals surface area contributed by atoms with Crippen LogP contribution >= 0.6 is 0 Å². The first-order valence-corrected chi connectivity index (χ1v) is 12.4. The molecule has 0 spiro atoms. The second-order valence-corrected chi connectivity index (χ2v) is 8.72. The summed E-state index contributed by atoms with van der Waals surface area (Å²) in [7, 11) is 0. The molecule has 4 rings (SSSR count). The summed E-state index contributed by atoms with van der Waals surface area (Å²) in [6.07, 6.45) is 7.59. The Labute approximate surface area is 203 Å². The molecule has 0 amide bonds. The zero-order valence-electron chi connectivity index (χ0n) is 19.9. The maximum absolute atomic E-state index is 11.0. The van der Waals surface area contributed by atoms with Crippen LogP contribution in [0.15, 0.2) is 60.7 Å². The number of carbonyl (C=O) groups excluding carboxylic acids is 1. The molecule has 2 heterocycles. The summed E-state index contributed by atoms with van der Waals surface area (Å²) in [6.45, 7) is 1.55. The standard InChI is InChI=1S/C14H20O3.C14H18O3/c2*15-11-13(10-12-6-2-1-3-7-12)17-14-8-4-5-9-16-14/h1-3,6-7,13-15H,4-5,8-11H2;1-3,6-7,11,13-14H,4-5,8-10H2/t2*13-,14?/m00/s1. The van der Waals surface area contributed by atoms with Crippen molar-refractivity contribution >= 4 is 6.29 Å². The average molecular weight is 471 g/mol. The maximum Gasteiger partial charge on any atom is 0.158 e. The summed E-state index contributed by atoms with van der Waals surface area (Å²) in [5, 5.41) is 9.34. The van der Waals surface area contributed by atoms with Crippen molar-refractivity contribution in [1.29, 1.82) is 0 Å². The maximum atomic E-state index is 11.0. The fourth-order valence-corrected chi connectivity index (χ4v) is 4.05. The highest BCUT2D eigenvalue weighted by Gasteiger charge is 2.20. The molecular formula is C28H38O6. The van der Waals surface area contributed by atoms with Crippen LogP contribution in [-0.2, 0) is 36.6 Å². The van der Waals surface area contributed by atoms with Crippen molar-refractivity contribution in [3.8, 4) is 0 Å². The van der Waals surface area contributed by atoms with E-state index in [1.54, 1.807) is 0 Å². The second kappa shape index (κ2) is 15.7. The van der Waals surface area contributed by atoms with Gasteiger partial charge in [0.2, 0.25) is 0 Å². The molecule has 2 aliphatic rings. The number of ether oxygens (including phenoxy) is 4. The number of aliphatic hydroxyl groups excluding tert-OH is 1. The molecule has 186 valence electrons. The zero-order valence-corrected chi connectivity index (χ0v) is 19.9. The molecule has 0 aliphatic carbocycles. The minimum atomic E-state index is -0.402. The van der Waals surface area contributed by atoms with Gasteiger partial charge in [-0.05, 0) is 49.7 Å². The van der Waals surface area contributed by atoms with Crippen LogP contribution < -0.4 is 0 Å². The highest BCUT2D eigenvalue weighted by molar-refractivity contribution is 5.56. The highest BCUT2D eigenvalue weighted by Crippen LogP contribution is 2.18. The molecule has 0 radical (unpaired) electrons. The first kappa shape index (κ1) is 26.5. The molecule has 0 saturated carbocycles. The molecule has 6 heteroatoms. The van der Waals surface area contributed by atoms with E-state index < -0.39 is 6.10 Å². The molecule has 34 heavy (non-hydrogen) atoms. The summed E-state index contributed by atoms with van der Waals surface area (Å²) in [4.78, 5) is 11.0. The number of carbonyl (C=O) groups is 1. The van der Waals surface area contributed by atoms with E-state index in [9.17, 15) is 9.90 Å². The molecule has 2 fully saturated rings. The lowest BCUT2D eigenvalue weighted by Gasteiger charge is -2.27. The first-order valence-electron chi connectivity index (χ1n) is 12.4. The van der Waals surface area contributed by atoms with Gasteiger partial charge in [-0.25, -0.2) is 0 Å². The smallest absolute Gasteiger partial charge is 0.158 e. The molecule has 2 saturated heterocycles. The molecular weight excluding hydrogens is 432 g/mol. The summed E-state index contributed by atoms with van der Waals surface area (Å²) in [6, 6.07) is 20.0. The summed E-state index contributed by atoms with van der Waals surface area (Å²) < 4.78 is 22.4. The van der Waals surface area contributed by atoms with E-state index in [0.29, 0.717) is 6.42 Å². The molecule has 2 aromatic rings. The van der Waals surface area contributed by atoms with Gasteiger partial charge in [0.05, 0.1) is 12.7 Å². The van der Waals surface area contributed by atoms with Gasteiger partial charge in [0.15, 0.2) is 12.6 Å². The monoisotopic (exact) mass is 470 g/mol. The van der Waals surface area contributed by atoms with Crippen LogP contribution in [0.3, 0.4) is 0 Å². The molecule has 1 N–H and O–H groups in total. The molecule has 2 aliphatic heterocycles. The second-order valence-electron chi connectivity index (χ2n) is 8.72. The van der Waals surface area contributed by atoms with Gasteiger partial charge in [-0.1, -0.05) is 60.7 Å². The van der Waals surface area contributed by atoms with Gasteiger partial charge in [-0.3, -0.25) is 0 Å². The summed E-state index contributed by atoms with van der Waals surface area (Å²) in [5.74, 6) is 0. The Morgan fingerprint density at radius 3 is 1.79 bits per heavy atom. The largest absolute Gasteiger partial charge is 0.394 e. The molecule has 2 unspecified atom stereocenters. The lowest BCUT2D eigenvalue weighted by Crippen LogP contribution is -2.31. The van der Waals surface area contributed by atoms with Crippen molar-refractivity contribution in [1.82, 2.24) is 0 Å². The Hall–Kier alpha value is -2.09. The van der Waals surface area contributed by atoms with E-state index in [1.165, 1.54) is 5.56 Å². The number of hydrogen-bond acceptors (Lipinski definition) is 6. The van der Waals surface area contributed by atoms with Gasteiger partial charge in [0, 0.05) is 26.1 Å². The Morgan fingerprint density at radius 1 is 0.794 bits per heavy atom. The molecule has 2 aromatic carbocycles. The number of hydrogen-bond donors (Lipinski definition) is 1. The zero-order chi connectivity index (χ0) is 23.8. The van der Waals surface area contributed by atoms with Gasteiger partial charge >= 0.3 is 0 Å². The fourth-order valence-electron chi connectivity index (χ4n) is 4.05. The van der Waals surface area contributed by atoms with Gasteiger partial charge in [0.25, 0.3) is 0 Å². The number of aliphatic hydroxyl groups is 1. The van der Waals surface area contributed by atoms with Crippen molar-refractivity contribution in [3.63, 3.8) is 0 Å². The van der Waals surface area contributed by atoms with Crippen LogP contribution in [0.2, 0.25) is 0 Å². The first-order chi connectivity index (χ1) is 16.8. The van der Waals surface area contributed by atoms with Gasteiger partial charge < -0.3 is 28.8 Å². The minimum absolute atomic E-state index is 0.0365. The Kier molecular flexibility index (Phi) is 12.3. The Bertz CT molecular complexity index is 772. The predicted octanol–water partition coefficient (Wildman–Crippen LogP) is 4.47. The van der Waals surface area contributed by atoms with E-state index in [2.05, 4.69) is 0 Å². The lowest BCUT2D eigenvalue weighted by atomic mass is 10.1. The van der Waals surface area contributed by atoms with Gasteiger partial charge in [-0.2, -0.15) is 0 Å². The van der Waals surface area contributed by atoms with Crippen LogP contribution in [0.25, 0.3) is 0 Å². The molecule has 0 aromatic heterocycles. The van der Waals surface area contributed by atoms with E-state index in [1.807, 2.05) is 60.7 Å². The third kappa shape index (κ3) is 10.0. The Morgan fingerprint density at radius 2 is 1.32 bits per heavy atom. The third-order valence-electron chi connectivity index (χ3n) is 5.89. The van der Waals surface area contributed by atoms with Gasteiger partial charge in [0.1, 0.15) is 12.4 Å². The quantitative estimate of drug-likeness (QED) is 0.517. The number of benzene rings is 2. The highest BCUT2D eigenvalue weighted by atomic mass is 16.7. The SMILES string of the molecule is O=C[C@H](Cc1ccccc1)OC1CCCCO1.OC[C@H](Cc1ccccc1)OC1CCCCO1. The molecule has 6 nitrogen and oxygen atoms in total. The summed E-state index contributed by atoms with van der Waals surface area (Å²) >= 11 is 0. The fraction of sp³-hybridized carbons (Fsp3) is 0.536. The van der Waals surface area contributed by atoms with Crippen LogP contribution in [0.5, 0.6) is 0 Å². The Balaban J connectivity index is 0.000000191. The number of rotatable bonds is 10. The van der Waals surface area contributed by atoms with Crippen molar-refractivity contribution in [2.75, 3.05) is 19.8 Å². The predicted molar refractivity (Wildman–Crippen MR) is 130 cm³/mol. The van der Waals surface area contributed by atoms with Crippen molar-refractivity contribution < 1.29 is 28.8 Å².